The van der Waals surface area contributed by atoms with E-state index in [0.29, 0.717) is 11.8 Å². The third-order valence-corrected chi connectivity index (χ3v) is 3.61. The molecule has 0 saturated carbocycles. The van der Waals surface area contributed by atoms with Crippen molar-refractivity contribution in [3.05, 3.63) is 23.3 Å². The fourth-order valence-corrected chi connectivity index (χ4v) is 2.73. The molecule has 122 valence electrons. The van der Waals surface area contributed by atoms with Crippen LogP contribution in [0.15, 0.2) is 33.3 Å². The van der Waals surface area contributed by atoms with Crippen molar-refractivity contribution in [3.63, 3.8) is 0 Å². The van der Waals surface area contributed by atoms with Crippen LogP contribution in [-0.4, -0.2) is 35.1 Å². The van der Waals surface area contributed by atoms with Gasteiger partial charge in [0.1, 0.15) is 11.2 Å². The topological polar surface area (TPSA) is 43.2 Å². The van der Waals surface area contributed by atoms with E-state index in [1.165, 1.54) is 0 Å². The molecular formula is C18H28N2O2. The van der Waals surface area contributed by atoms with Crippen molar-refractivity contribution in [2.45, 2.75) is 78.7 Å². The molecule has 0 atom stereocenters. The summed E-state index contributed by atoms with van der Waals surface area (Å²) in [5.74, 6) is 1.39. The van der Waals surface area contributed by atoms with Gasteiger partial charge in [-0.3, -0.25) is 0 Å². The van der Waals surface area contributed by atoms with Crippen molar-refractivity contribution >= 4 is 11.8 Å². The highest BCUT2D eigenvalue weighted by Crippen LogP contribution is 2.42. The second kappa shape index (κ2) is 5.56. The van der Waals surface area contributed by atoms with Gasteiger partial charge in [-0.25, -0.2) is 9.98 Å². The Labute approximate surface area is 134 Å². The summed E-state index contributed by atoms with van der Waals surface area (Å²) < 4.78 is 12.0. The summed E-state index contributed by atoms with van der Waals surface area (Å²) in [6.45, 7) is 16.4. The van der Waals surface area contributed by atoms with Crippen molar-refractivity contribution in [2.24, 2.45) is 9.98 Å². The lowest BCUT2D eigenvalue weighted by Crippen LogP contribution is -2.31. The van der Waals surface area contributed by atoms with Crippen LogP contribution in [0.25, 0.3) is 0 Å². The van der Waals surface area contributed by atoms with Gasteiger partial charge >= 0.3 is 0 Å². The lowest BCUT2D eigenvalue weighted by molar-refractivity contribution is 0.126. The van der Waals surface area contributed by atoms with Crippen molar-refractivity contribution in [1.82, 2.24) is 0 Å². The second-order valence-electron chi connectivity index (χ2n) is 7.46. The molecule has 0 aromatic carbocycles. The third kappa shape index (κ3) is 3.42. The summed E-state index contributed by atoms with van der Waals surface area (Å²) in [7, 11) is 0. The Morgan fingerprint density at radius 3 is 1.32 bits per heavy atom. The molecule has 4 heteroatoms. The van der Waals surface area contributed by atoms with Crippen LogP contribution in [0, 0.1) is 0 Å². The second-order valence-corrected chi connectivity index (χ2v) is 7.46. The molecule has 0 bridgehead atoms. The standard InChI is InChI=1S/C18H28N2O2/c1-11(2)19-15-9-13(17(5,6)21-15)14-10-16(20-12(3)4)22-18(14,7)8/h9-12H,1-8H3. The van der Waals surface area contributed by atoms with E-state index >= 15 is 0 Å². The van der Waals surface area contributed by atoms with E-state index in [1.54, 1.807) is 0 Å². The maximum Gasteiger partial charge on any atom is 0.210 e. The molecule has 0 amide bonds. The van der Waals surface area contributed by atoms with Crippen LogP contribution < -0.4 is 0 Å². The molecule has 0 saturated heterocycles. The highest BCUT2D eigenvalue weighted by atomic mass is 16.5. The molecule has 0 unspecified atom stereocenters. The van der Waals surface area contributed by atoms with Gasteiger partial charge in [0, 0.05) is 35.4 Å². The van der Waals surface area contributed by atoms with E-state index in [9.17, 15) is 0 Å². The first-order valence-corrected chi connectivity index (χ1v) is 7.99. The van der Waals surface area contributed by atoms with Gasteiger partial charge in [0.2, 0.25) is 11.8 Å². The molecule has 4 nitrogen and oxygen atoms in total. The number of ether oxygens (including phenoxy) is 2. The summed E-state index contributed by atoms with van der Waals surface area (Å²) in [5, 5.41) is 0. The summed E-state index contributed by atoms with van der Waals surface area (Å²) >= 11 is 0. The zero-order valence-electron chi connectivity index (χ0n) is 15.0. The molecular weight excluding hydrogens is 276 g/mol. The molecule has 0 aromatic rings. The summed E-state index contributed by atoms with van der Waals surface area (Å²) in [6.07, 6.45) is 4.07. The van der Waals surface area contributed by atoms with Crippen molar-refractivity contribution in [2.75, 3.05) is 0 Å². The number of hydrogen-bond donors (Lipinski definition) is 0. The predicted octanol–water partition coefficient (Wildman–Crippen LogP) is 4.07. The Bertz CT molecular complexity index is 524. The zero-order chi connectivity index (χ0) is 16.7. The van der Waals surface area contributed by atoms with Gasteiger partial charge in [0.25, 0.3) is 0 Å². The molecule has 22 heavy (non-hydrogen) atoms. The molecule has 2 aliphatic rings. The first kappa shape index (κ1) is 16.8. The lowest BCUT2D eigenvalue weighted by atomic mass is 9.84. The van der Waals surface area contributed by atoms with E-state index < -0.39 is 11.2 Å². The van der Waals surface area contributed by atoms with Crippen molar-refractivity contribution in [1.29, 1.82) is 0 Å². The van der Waals surface area contributed by atoms with Crippen LogP contribution in [0.4, 0.5) is 0 Å². The van der Waals surface area contributed by atoms with Crippen LogP contribution in [-0.2, 0) is 9.47 Å². The fraction of sp³-hybridized carbons (Fsp3) is 0.667. The molecule has 0 N–H and O–H groups in total. The highest BCUT2D eigenvalue weighted by molar-refractivity contribution is 5.97. The number of hydrogen-bond acceptors (Lipinski definition) is 4. The Kier molecular flexibility index (Phi) is 4.24. The number of nitrogens with zero attached hydrogens (tertiary/aromatic N) is 2. The van der Waals surface area contributed by atoms with Crippen molar-refractivity contribution in [3.8, 4) is 0 Å². The van der Waals surface area contributed by atoms with Crippen LogP contribution in [0.3, 0.4) is 0 Å². The summed E-state index contributed by atoms with van der Waals surface area (Å²) in [5.41, 5.74) is 1.41. The zero-order valence-corrected chi connectivity index (χ0v) is 15.0. The van der Waals surface area contributed by atoms with Gasteiger partial charge in [-0.2, -0.15) is 0 Å². The van der Waals surface area contributed by atoms with Gasteiger partial charge in [0.15, 0.2) is 0 Å². The molecule has 0 aromatic heterocycles. The highest BCUT2D eigenvalue weighted by Gasteiger charge is 2.44. The molecule has 2 heterocycles. The minimum atomic E-state index is -0.409. The number of aliphatic imine (C=N–C) groups is 2. The Balaban J connectivity index is 2.44. The van der Waals surface area contributed by atoms with Gasteiger partial charge < -0.3 is 9.47 Å². The van der Waals surface area contributed by atoms with Gasteiger partial charge in [0.05, 0.1) is 0 Å². The quantitative estimate of drug-likeness (QED) is 0.789. The van der Waals surface area contributed by atoms with Gasteiger partial charge in [-0.1, -0.05) is 0 Å². The summed E-state index contributed by atoms with van der Waals surface area (Å²) in [6, 6.07) is 0.419. The maximum atomic E-state index is 6.02. The Morgan fingerprint density at radius 1 is 0.727 bits per heavy atom. The van der Waals surface area contributed by atoms with E-state index in [0.717, 1.165) is 11.1 Å². The molecule has 0 aliphatic carbocycles. The minimum absolute atomic E-state index is 0.210. The smallest absolute Gasteiger partial charge is 0.210 e. The number of rotatable bonds is 3. The maximum absolute atomic E-state index is 6.02. The first-order chi connectivity index (χ1) is 10.0. The van der Waals surface area contributed by atoms with Gasteiger partial charge in [-0.05, 0) is 55.4 Å². The van der Waals surface area contributed by atoms with Crippen molar-refractivity contribution < 1.29 is 9.47 Å². The average Bonchev–Trinajstić information content (AvgIpc) is 2.72. The van der Waals surface area contributed by atoms with Crippen LogP contribution >= 0.6 is 0 Å². The summed E-state index contributed by atoms with van der Waals surface area (Å²) in [4.78, 5) is 9.06. The SMILES string of the molecule is CC(C)N=C1C=C(C2=CC(=NC(C)C)OC2(C)C)C(C)(C)O1. The monoisotopic (exact) mass is 304 g/mol. The van der Waals surface area contributed by atoms with Crippen LogP contribution in [0.5, 0.6) is 0 Å². The van der Waals surface area contributed by atoms with Gasteiger partial charge in [-0.15, -0.1) is 0 Å². The first-order valence-electron chi connectivity index (χ1n) is 7.99. The Morgan fingerprint density at radius 2 is 1.05 bits per heavy atom. The average molecular weight is 304 g/mol. The minimum Gasteiger partial charge on any atom is -0.467 e. The Hall–Kier alpha value is -1.58. The predicted molar refractivity (Wildman–Crippen MR) is 91.6 cm³/mol. The lowest BCUT2D eigenvalue weighted by Gasteiger charge is -2.29. The third-order valence-electron chi connectivity index (χ3n) is 3.61. The molecule has 0 fully saturated rings. The molecule has 0 spiro atoms. The van der Waals surface area contributed by atoms with Crippen LogP contribution in [0.1, 0.15) is 55.4 Å². The molecule has 0 radical (unpaired) electrons. The van der Waals surface area contributed by atoms with E-state index in [-0.39, 0.29) is 12.1 Å². The molecule has 2 rings (SSSR count). The largest absolute Gasteiger partial charge is 0.467 e. The van der Waals surface area contributed by atoms with Crippen LogP contribution in [0.2, 0.25) is 0 Å². The normalized spacial score (nSPS) is 26.5. The van der Waals surface area contributed by atoms with E-state index in [1.807, 2.05) is 39.8 Å². The van der Waals surface area contributed by atoms with E-state index in [2.05, 4.69) is 37.7 Å². The fourth-order valence-electron chi connectivity index (χ4n) is 2.73. The molecule has 2 aliphatic heterocycles. The van der Waals surface area contributed by atoms with E-state index in [4.69, 9.17) is 9.47 Å².